The zero-order valence-electron chi connectivity index (χ0n) is 14.0. The molecule has 0 saturated heterocycles. The van der Waals surface area contributed by atoms with E-state index < -0.39 is 0 Å². The Morgan fingerprint density at radius 1 is 1.00 bits per heavy atom. The van der Waals surface area contributed by atoms with Crippen LogP contribution in [0.2, 0.25) is 0 Å². The summed E-state index contributed by atoms with van der Waals surface area (Å²) in [6.07, 6.45) is 2.07. The van der Waals surface area contributed by atoms with E-state index in [-0.39, 0.29) is 5.91 Å². The first-order chi connectivity index (χ1) is 12.8. The first-order valence-corrected chi connectivity index (χ1v) is 10.1. The number of anilines is 1. The summed E-state index contributed by atoms with van der Waals surface area (Å²) in [5, 5.41) is 6.59. The Labute approximate surface area is 159 Å². The molecule has 1 amide bonds. The van der Waals surface area contributed by atoms with Crippen LogP contribution in [0.3, 0.4) is 0 Å². The summed E-state index contributed by atoms with van der Waals surface area (Å²) in [6, 6.07) is 18.1. The number of benzene rings is 2. The summed E-state index contributed by atoms with van der Waals surface area (Å²) in [5.74, 6) is 0.0000674. The number of aromatic nitrogens is 2. The molecule has 0 bridgehead atoms. The quantitative estimate of drug-likeness (QED) is 0.489. The van der Waals surface area contributed by atoms with Gasteiger partial charge >= 0.3 is 0 Å². The Kier molecular flexibility index (Phi) is 5.04. The van der Waals surface area contributed by atoms with Crippen molar-refractivity contribution < 1.29 is 4.79 Å². The second-order valence-corrected chi connectivity index (χ2v) is 7.85. The third-order valence-corrected chi connectivity index (χ3v) is 5.81. The molecule has 0 aliphatic rings. The van der Waals surface area contributed by atoms with Crippen LogP contribution in [0.1, 0.15) is 17.8 Å². The van der Waals surface area contributed by atoms with Crippen molar-refractivity contribution in [3.8, 4) is 11.3 Å². The van der Waals surface area contributed by atoms with Gasteiger partial charge < -0.3 is 5.32 Å². The van der Waals surface area contributed by atoms with Crippen molar-refractivity contribution in [2.24, 2.45) is 0 Å². The van der Waals surface area contributed by atoms with Crippen molar-refractivity contribution in [2.75, 3.05) is 5.32 Å². The summed E-state index contributed by atoms with van der Waals surface area (Å²) in [4.78, 5) is 21.3. The zero-order valence-corrected chi connectivity index (χ0v) is 15.6. The van der Waals surface area contributed by atoms with Gasteiger partial charge in [0, 0.05) is 17.4 Å². The zero-order chi connectivity index (χ0) is 17.8. The highest BCUT2D eigenvalue weighted by Crippen LogP contribution is 2.25. The predicted octanol–water partition coefficient (Wildman–Crippen LogP) is 5.38. The minimum absolute atomic E-state index is 0.0000674. The molecule has 2 heterocycles. The maximum atomic E-state index is 12.2. The Hall–Kier alpha value is -2.57. The van der Waals surface area contributed by atoms with Gasteiger partial charge in [-0.3, -0.25) is 4.79 Å². The van der Waals surface area contributed by atoms with Crippen LogP contribution in [0.4, 0.5) is 5.13 Å². The maximum absolute atomic E-state index is 12.2. The molecule has 1 N–H and O–H groups in total. The van der Waals surface area contributed by atoms with E-state index >= 15 is 0 Å². The monoisotopic (exact) mass is 379 g/mol. The van der Waals surface area contributed by atoms with Crippen molar-refractivity contribution in [2.45, 2.75) is 19.3 Å². The molecule has 2 aromatic carbocycles. The number of para-hydroxylation sites is 1. The third kappa shape index (κ3) is 3.98. The van der Waals surface area contributed by atoms with Crippen LogP contribution in [0.5, 0.6) is 0 Å². The number of nitrogens with one attached hydrogen (secondary N) is 1. The molecule has 0 spiro atoms. The third-order valence-electron chi connectivity index (χ3n) is 3.95. The fourth-order valence-corrected chi connectivity index (χ4v) is 4.43. The lowest BCUT2D eigenvalue weighted by atomic mass is 10.2. The topological polar surface area (TPSA) is 54.9 Å². The lowest BCUT2D eigenvalue weighted by Gasteiger charge is -2.00. The van der Waals surface area contributed by atoms with E-state index in [1.54, 1.807) is 11.3 Å². The van der Waals surface area contributed by atoms with Crippen LogP contribution in [-0.4, -0.2) is 15.9 Å². The molecule has 0 radical (unpaired) electrons. The molecule has 0 unspecified atom stereocenters. The average Bonchev–Trinajstić information content (AvgIpc) is 3.29. The lowest BCUT2D eigenvalue weighted by Crippen LogP contribution is -2.11. The summed E-state index contributed by atoms with van der Waals surface area (Å²) in [6.45, 7) is 0. The minimum Gasteiger partial charge on any atom is -0.302 e. The minimum atomic E-state index is 0.0000674. The summed E-state index contributed by atoms with van der Waals surface area (Å²) in [7, 11) is 0. The van der Waals surface area contributed by atoms with Gasteiger partial charge in [-0.15, -0.1) is 22.7 Å². The van der Waals surface area contributed by atoms with Gasteiger partial charge in [-0.1, -0.05) is 42.5 Å². The van der Waals surface area contributed by atoms with Crippen molar-refractivity contribution in [3.05, 3.63) is 65.0 Å². The second-order valence-electron chi connectivity index (χ2n) is 5.88. The number of amides is 1. The second kappa shape index (κ2) is 7.76. The molecule has 130 valence electrons. The maximum Gasteiger partial charge on any atom is 0.226 e. The molecule has 26 heavy (non-hydrogen) atoms. The highest BCUT2D eigenvalue weighted by atomic mass is 32.1. The number of rotatable bonds is 6. The average molecular weight is 380 g/mol. The number of carbonyl (C=O) groups excluding carboxylic acids is 1. The van der Waals surface area contributed by atoms with Gasteiger partial charge in [-0.05, 0) is 25.0 Å². The summed E-state index contributed by atoms with van der Waals surface area (Å²) >= 11 is 3.15. The molecule has 4 rings (SSSR count). The van der Waals surface area contributed by atoms with E-state index in [1.165, 1.54) is 16.0 Å². The van der Waals surface area contributed by atoms with E-state index in [0.717, 1.165) is 34.6 Å². The molecule has 0 saturated carbocycles. The molecule has 0 atom stereocenters. The molecule has 0 fully saturated rings. The van der Waals surface area contributed by atoms with Crippen molar-refractivity contribution >= 4 is 43.9 Å². The van der Waals surface area contributed by atoms with Crippen LogP contribution in [0.15, 0.2) is 60.0 Å². The van der Waals surface area contributed by atoms with Crippen molar-refractivity contribution in [1.29, 1.82) is 0 Å². The van der Waals surface area contributed by atoms with Gasteiger partial charge in [0.05, 0.1) is 20.9 Å². The summed E-state index contributed by atoms with van der Waals surface area (Å²) < 4.78 is 1.20. The van der Waals surface area contributed by atoms with Gasteiger partial charge in [0.2, 0.25) is 5.91 Å². The van der Waals surface area contributed by atoms with Crippen LogP contribution >= 0.6 is 22.7 Å². The van der Waals surface area contributed by atoms with Gasteiger partial charge in [-0.25, -0.2) is 9.97 Å². The Morgan fingerprint density at radius 2 is 1.81 bits per heavy atom. The number of hydrogen-bond donors (Lipinski definition) is 1. The van der Waals surface area contributed by atoms with Crippen LogP contribution < -0.4 is 5.32 Å². The highest BCUT2D eigenvalue weighted by Gasteiger charge is 2.09. The van der Waals surface area contributed by atoms with Gasteiger partial charge in [0.25, 0.3) is 0 Å². The van der Waals surface area contributed by atoms with Crippen molar-refractivity contribution in [3.63, 3.8) is 0 Å². The molecule has 0 aliphatic heterocycles. The Morgan fingerprint density at radius 3 is 2.65 bits per heavy atom. The standard InChI is InChI=1S/C20H17N3OS2/c24-18(11-6-12-19-21-15-9-4-5-10-17(15)26-19)23-20-22-16(13-25-20)14-7-2-1-3-8-14/h1-5,7-10,13H,6,11-12H2,(H,22,23,24). The van der Waals surface area contributed by atoms with Crippen molar-refractivity contribution in [1.82, 2.24) is 9.97 Å². The molecular formula is C20H17N3OS2. The SMILES string of the molecule is O=C(CCCc1nc2ccccc2s1)Nc1nc(-c2ccccc2)cs1. The van der Waals surface area contributed by atoms with Gasteiger partial charge in [0.1, 0.15) is 0 Å². The smallest absolute Gasteiger partial charge is 0.226 e. The number of carbonyl (C=O) groups is 1. The van der Waals surface area contributed by atoms with E-state index in [9.17, 15) is 4.79 Å². The highest BCUT2D eigenvalue weighted by molar-refractivity contribution is 7.18. The fraction of sp³-hybridized carbons (Fsp3) is 0.150. The number of aryl methyl sites for hydroxylation is 1. The number of thiazole rings is 2. The van der Waals surface area contributed by atoms with Crippen LogP contribution in [-0.2, 0) is 11.2 Å². The number of nitrogens with zero attached hydrogens (tertiary/aromatic N) is 2. The van der Waals surface area contributed by atoms with Crippen LogP contribution in [0.25, 0.3) is 21.5 Å². The fourth-order valence-electron chi connectivity index (χ4n) is 2.68. The Balaban J connectivity index is 1.29. The van der Waals surface area contributed by atoms with E-state index in [0.29, 0.717) is 11.6 Å². The molecular weight excluding hydrogens is 362 g/mol. The van der Waals surface area contributed by atoms with Gasteiger partial charge in [0.15, 0.2) is 5.13 Å². The molecule has 4 nitrogen and oxygen atoms in total. The Bertz CT molecular complexity index is 991. The molecule has 6 heteroatoms. The summed E-state index contributed by atoms with van der Waals surface area (Å²) in [5.41, 5.74) is 2.98. The van der Waals surface area contributed by atoms with E-state index in [2.05, 4.69) is 21.4 Å². The normalized spacial score (nSPS) is 10.9. The largest absolute Gasteiger partial charge is 0.302 e. The molecule has 0 aliphatic carbocycles. The van der Waals surface area contributed by atoms with E-state index in [1.807, 2.05) is 53.9 Å². The number of hydrogen-bond acceptors (Lipinski definition) is 5. The lowest BCUT2D eigenvalue weighted by molar-refractivity contribution is -0.116. The molecule has 4 aromatic rings. The first kappa shape index (κ1) is 16.9. The van der Waals surface area contributed by atoms with E-state index in [4.69, 9.17) is 0 Å². The predicted molar refractivity (Wildman–Crippen MR) is 109 cm³/mol. The number of fused-ring (bicyclic) bond motifs is 1. The van der Waals surface area contributed by atoms with Crippen LogP contribution in [0, 0.1) is 0 Å². The van der Waals surface area contributed by atoms with Gasteiger partial charge in [-0.2, -0.15) is 0 Å². The first-order valence-electron chi connectivity index (χ1n) is 8.43. The molecule has 2 aromatic heterocycles.